The number of hydrogen-bond donors (Lipinski definition) is 3. The van der Waals surface area contributed by atoms with Crippen LogP contribution in [0.15, 0.2) is 42.9 Å². The molecule has 0 aliphatic rings. The molecule has 0 radical (unpaired) electrons. The summed E-state index contributed by atoms with van der Waals surface area (Å²) in [7, 11) is 0. The number of carbonyl (C=O) groups excluding carboxylic acids is 1. The average molecular weight is 395 g/mol. The highest BCUT2D eigenvalue weighted by Gasteiger charge is 2.14. The zero-order valence-corrected chi connectivity index (χ0v) is 16.7. The molecule has 0 aliphatic heterocycles. The minimum Gasteiger partial charge on any atom is -0.491 e. The van der Waals surface area contributed by atoms with Crippen LogP contribution in [0.5, 0.6) is 5.75 Å². The third-order valence-corrected chi connectivity index (χ3v) is 4.05. The number of primary amides is 1. The Kier molecular flexibility index (Phi) is 6.28. The van der Waals surface area contributed by atoms with Gasteiger partial charge in [0.2, 0.25) is 5.95 Å². The lowest BCUT2D eigenvalue weighted by atomic mass is 10.2. The predicted molar refractivity (Wildman–Crippen MR) is 111 cm³/mol. The smallest absolute Gasteiger partial charge is 0.254 e. The van der Waals surface area contributed by atoms with Gasteiger partial charge < -0.3 is 21.1 Å². The van der Waals surface area contributed by atoms with Gasteiger partial charge in [0, 0.05) is 31.0 Å². The molecular formula is C20H25N7O2. The average Bonchev–Trinajstić information content (AvgIpc) is 3.14. The van der Waals surface area contributed by atoms with Crippen LogP contribution in [0.3, 0.4) is 0 Å². The third kappa shape index (κ3) is 5.22. The number of hydrogen-bond acceptors (Lipinski definition) is 7. The Balaban J connectivity index is 1.81. The molecule has 29 heavy (non-hydrogen) atoms. The van der Waals surface area contributed by atoms with Gasteiger partial charge in [-0.25, -0.2) is 4.98 Å². The number of aryl methyl sites for hydroxylation is 1. The van der Waals surface area contributed by atoms with E-state index >= 15 is 0 Å². The van der Waals surface area contributed by atoms with E-state index < -0.39 is 5.91 Å². The van der Waals surface area contributed by atoms with Gasteiger partial charge in [-0.3, -0.25) is 9.48 Å². The fourth-order valence-corrected chi connectivity index (χ4v) is 2.69. The van der Waals surface area contributed by atoms with Crippen LogP contribution in [0.4, 0.5) is 17.5 Å². The van der Waals surface area contributed by atoms with E-state index in [0.717, 1.165) is 23.5 Å². The largest absolute Gasteiger partial charge is 0.491 e. The molecule has 9 nitrogen and oxygen atoms in total. The summed E-state index contributed by atoms with van der Waals surface area (Å²) in [6.45, 7) is 7.11. The first-order valence-corrected chi connectivity index (χ1v) is 9.41. The van der Waals surface area contributed by atoms with Gasteiger partial charge in [0.15, 0.2) is 0 Å². The van der Waals surface area contributed by atoms with Gasteiger partial charge in [-0.1, -0.05) is 18.2 Å². The van der Waals surface area contributed by atoms with Gasteiger partial charge in [-0.15, -0.1) is 0 Å². The Morgan fingerprint density at radius 1 is 1.28 bits per heavy atom. The minimum atomic E-state index is -0.607. The molecule has 0 saturated heterocycles. The molecule has 0 spiro atoms. The van der Waals surface area contributed by atoms with Crippen molar-refractivity contribution in [3.63, 3.8) is 0 Å². The second kappa shape index (κ2) is 9.05. The molecule has 0 bridgehead atoms. The number of carbonyl (C=O) groups is 1. The lowest BCUT2D eigenvalue weighted by molar-refractivity contribution is 0.100. The first kappa shape index (κ1) is 20.1. The summed E-state index contributed by atoms with van der Waals surface area (Å²) >= 11 is 0. The summed E-state index contributed by atoms with van der Waals surface area (Å²) in [6, 6.07) is 7.70. The highest BCUT2D eigenvalue weighted by Crippen LogP contribution is 2.22. The third-order valence-electron chi connectivity index (χ3n) is 4.05. The molecule has 0 saturated carbocycles. The van der Waals surface area contributed by atoms with Crippen molar-refractivity contribution < 1.29 is 9.53 Å². The lowest BCUT2D eigenvalue weighted by Crippen LogP contribution is -2.17. The maximum absolute atomic E-state index is 11.8. The number of para-hydroxylation sites is 1. The molecular weight excluding hydrogens is 370 g/mol. The van der Waals surface area contributed by atoms with Crippen LogP contribution in [0.25, 0.3) is 0 Å². The summed E-state index contributed by atoms with van der Waals surface area (Å²) in [4.78, 5) is 20.4. The van der Waals surface area contributed by atoms with E-state index in [2.05, 4.69) is 25.7 Å². The van der Waals surface area contributed by atoms with Crippen LogP contribution in [-0.4, -0.2) is 31.8 Å². The second-order valence-electron chi connectivity index (χ2n) is 6.66. The summed E-state index contributed by atoms with van der Waals surface area (Å²) in [5, 5.41) is 10.5. The normalized spacial score (nSPS) is 10.8. The Hall–Kier alpha value is -3.62. The molecule has 2 aromatic heterocycles. The van der Waals surface area contributed by atoms with E-state index in [0.29, 0.717) is 18.3 Å². The molecule has 1 aromatic carbocycles. The molecule has 3 aromatic rings. The van der Waals surface area contributed by atoms with E-state index in [1.54, 1.807) is 10.9 Å². The molecule has 9 heteroatoms. The minimum absolute atomic E-state index is 0.0521. The Morgan fingerprint density at radius 3 is 2.76 bits per heavy atom. The standard InChI is InChI=1S/C20H25N7O2/c1-4-27-12-15(10-24-27)25-20-23-11-16(18(21)28)19(26-20)22-9-14-7-5-6-8-17(14)29-13(2)3/h5-8,10-13H,4,9H2,1-3H3,(H2,21,28)(H2,22,23,25,26). The number of amides is 1. The number of aromatic nitrogens is 4. The molecule has 0 atom stereocenters. The van der Waals surface area contributed by atoms with E-state index in [1.807, 2.05) is 51.2 Å². The monoisotopic (exact) mass is 395 g/mol. The molecule has 4 N–H and O–H groups in total. The Bertz CT molecular complexity index is 984. The van der Waals surface area contributed by atoms with E-state index in [-0.39, 0.29) is 11.7 Å². The first-order valence-electron chi connectivity index (χ1n) is 9.41. The highest BCUT2D eigenvalue weighted by atomic mass is 16.5. The molecule has 1 amide bonds. The number of nitrogens with two attached hydrogens (primary N) is 1. The number of nitrogens with one attached hydrogen (secondary N) is 2. The van der Waals surface area contributed by atoms with Gasteiger partial charge in [-0.05, 0) is 26.8 Å². The van der Waals surface area contributed by atoms with Gasteiger partial charge in [0.1, 0.15) is 11.6 Å². The quantitative estimate of drug-likeness (QED) is 0.509. The van der Waals surface area contributed by atoms with Crippen molar-refractivity contribution in [1.29, 1.82) is 0 Å². The van der Waals surface area contributed by atoms with Crippen LogP contribution in [0, 0.1) is 0 Å². The Morgan fingerprint density at radius 2 is 2.07 bits per heavy atom. The van der Waals surface area contributed by atoms with E-state index in [4.69, 9.17) is 10.5 Å². The summed E-state index contributed by atoms with van der Waals surface area (Å²) in [5.74, 6) is 0.844. The van der Waals surface area contributed by atoms with Crippen LogP contribution in [0.1, 0.15) is 36.7 Å². The lowest BCUT2D eigenvalue weighted by Gasteiger charge is -2.15. The predicted octanol–water partition coefficient (Wildman–Crippen LogP) is 2.93. The SMILES string of the molecule is CCn1cc(Nc2ncc(C(N)=O)c(NCc3ccccc3OC(C)C)n2)cn1. The van der Waals surface area contributed by atoms with Gasteiger partial charge in [0.25, 0.3) is 5.91 Å². The molecule has 0 fully saturated rings. The molecule has 152 valence electrons. The number of anilines is 3. The van der Waals surface area contributed by atoms with Gasteiger partial charge in [0.05, 0.1) is 23.6 Å². The number of ether oxygens (including phenoxy) is 1. The zero-order valence-electron chi connectivity index (χ0n) is 16.7. The zero-order chi connectivity index (χ0) is 20.8. The van der Waals surface area contributed by atoms with Crippen molar-refractivity contribution >= 4 is 23.4 Å². The van der Waals surface area contributed by atoms with E-state index in [1.165, 1.54) is 6.20 Å². The van der Waals surface area contributed by atoms with Crippen LogP contribution < -0.4 is 21.1 Å². The molecule has 3 rings (SSSR count). The number of nitrogens with zero attached hydrogens (tertiary/aromatic N) is 4. The molecule has 2 heterocycles. The number of rotatable bonds is 9. The maximum atomic E-state index is 11.8. The van der Waals surface area contributed by atoms with Crippen molar-refractivity contribution in [2.24, 2.45) is 5.73 Å². The van der Waals surface area contributed by atoms with Crippen LogP contribution >= 0.6 is 0 Å². The Labute approximate surface area is 169 Å². The topological polar surface area (TPSA) is 120 Å². The molecule has 0 unspecified atom stereocenters. The summed E-state index contributed by atoms with van der Waals surface area (Å²) in [6.07, 6.45) is 4.98. The summed E-state index contributed by atoms with van der Waals surface area (Å²) in [5.41, 5.74) is 7.39. The van der Waals surface area contributed by atoms with E-state index in [9.17, 15) is 4.79 Å². The fraction of sp³-hybridized carbons (Fsp3) is 0.300. The van der Waals surface area contributed by atoms with Crippen molar-refractivity contribution in [3.05, 3.63) is 54.0 Å². The van der Waals surface area contributed by atoms with Crippen LogP contribution in [-0.2, 0) is 13.1 Å². The van der Waals surface area contributed by atoms with Gasteiger partial charge >= 0.3 is 0 Å². The van der Waals surface area contributed by atoms with Crippen LogP contribution in [0.2, 0.25) is 0 Å². The van der Waals surface area contributed by atoms with Crippen molar-refractivity contribution in [2.45, 2.75) is 40.0 Å². The summed E-state index contributed by atoms with van der Waals surface area (Å²) < 4.78 is 7.62. The van der Waals surface area contributed by atoms with Crippen molar-refractivity contribution in [1.82, 2.24) is 19.7 Å². The fourth-order valence-electron chi connectivity index (χ4n) is 2.69. The molecule has 0 aliphatic carbocycles. The van der Waals surface area contributed by atoms with Crippen molar-refractivity contribution in [3.8, 4) is 5.75 Å². The first-order chi connectivity index (χ1) is 14.0. The second-order valence-corrected chi connectivity index (χ2v) is 6.66. The maximum Gasteiger partial charge on any atom is 0.254 e. The number of benzene rings is 1. The highest BCUT2D eigenvalue weighted by molar-refractivity contribution is 5.97. The van der Waals surface area contributed by atoms with Crippen molar-refractivity contribution in [2.75, 3.05) is 10.6 Å². The van der Waals surface area contributed by atoms with Gasteiger partial charge in [-0.2, -0.15) is 10.1 Å².